The molecule has 0 spiro atoms. The number of esters is 1. The Morgan fingerprint density at radius 1 is 1.42 bits per heavy atom. The predicted molar refractivity (Wildman–Crippen MR) is 78.3 cm³/mol. The molecule has 96 valence electrons. The Morgan fingerprint density at radius 2 is 2.11 bits per heavy atom. The van der Waals surface area contributed by atoms with Gasteiger partial charge in [0.25, 0.3) is 0 Å². The van der Waals surface area contributed by atoms with Gasteiger partial charge in [0.05, 0.1) is 0 Å². The number of rotatable bonds is 3. The summed E-state index contributed by atoms with van der Waals surface area (Å²) in [6.45, 7) is -0.0752. The number of nitrogen functional groups attached to an aromatic ring is 1. The van der Waals surface area contributed by atoms with E-state index in [0.29, 0.717) is 15.6 Å². The van der Waals surface area contributed by atoms with Crippen LogP contribution in [-0.4, -0.2) is 12.6 Å². The highest BCUT2D eigenvalue weighted by Crippen LogP contribution is 2.34. The quantitative estimate of drug-likeness (QED) is 0.696. The lowest BCUT2D eigenvalue weighted by Gasteiger charge is -2.05. The molecule has 0 fully saturated rings. The molecule has 0 unspecified atom stereocenters. The number of anilines is 1. The Kier molecular flexibility index (Phi) is 4.10. The van der Waals surface area contributed by atoms with Gasteiger partial charge >= 0.3 is 5.97 Å². The van der Waals surface area contributed by atoms with Crippen molar-refractivity contribution < 1.29 is 9.53 Å². The number of hydrogen-bond donors (Lipinski definition) is 1. The average Bonchev–Trinajstić information content (AvgIpc) is 2.79. The van der Waals surface area contributed by atoms with Gasteiger partial charge in [0, 0.05) is 16.0 Å². The summed E-state index contributed by atoms with van der Waals surface area (Å²) >= 11 is 7.12. The maximum absolute atomic E-state index is 11.9. The van der Waals surface area contributed by atoms with Gasteiger partial charge in [-0.25, -0.2) is 4.79 Å². The van der Waals surface area contributed by atoms with Crippen molar-refractivity contribution in [2.24, 2.45) is 0 Å². The highest BCUT2D eigenvalue weighted by molar-refractivity contribution is 7.14. The van der Waals surface area contributed by atoms with Crippen LogP contribution in [0.1, 0.15) is 10.4 Å². The first-order chi connectivity index (χ1) is 9.13. The highest BCUT2D eigenvalue weighted by atomic mass is 35.5. The minimum Gasteiger partial charge on any atom is -0.449 e. The van der Waals surface area contributed by atoms with Gasteiger partial charge in [0.2, 0.25) is 0 Å². The van der Waals surface area contributed by atoms with Crippen LogP contribution < -0.4 is 5.73 Å². The van der Waals surface area contributed by atoms with Crippen molar-refractivity contribution >= 4 is 33.9 Å². The standard InChI is InChI=1S/C14H10ClNO2S/c1-2-7-18-14(17)12-11(8-19-13(12)16)9-3-5-10(15)6-4-9/h1,3-6,8H,7,16H2. The van der Waals surface area contributed by atoms with E-state index >= 15 is 0 Å². The van der Waals surface area contributed by atoms with Gasteiger partial charge in [-0.15, -0.1) is 17.8 Å². The van der Waals surface area contributed by atoms with E-state index < -0.39 is 5.97 Å². The fraction of sp³-hybridized carbons (Fsp3) is 0.0714. The molecule has 0 aliphatic carbocycles. The van der Waals surface area contributed by atoms with Crippen LogP contribution in [0.3, 0.4) is 0 Å². The fourth-order valence-corrected chi connectivity index (χ4v) is 2.54. The number of hydrogen-bond acceptors (Lipinski definition) is 4. The molecule has 2 rings (SSSR count). The van der Waals surface area contributed by atoms with Gasteiger partial charge in [-0.1, -0.05) is 29.7 Å². The van der Waals surface area contributed by atoms with E-state index in [-0.39, 0.29) is 6.61 Å². The average molecular weight is 292 g/mol. The Balaban J connectivity index is 2.40. The molecule has 1 aromatic heterocycles. The maximum Gasteiger partial charge on any atom is 0.342 e. The third-order valence-corrected chi connectivity index (χ3v) is 3.53. The van der Waals surface area contributed by atoms with Crippen LogP contribution in [0, 0.1) is 12.3 Å². The highest BCUT2D eigenvalue weighted by Gasteiger charge is 2.19. The van der Waals surface area contributed by atoms with E-state index in [1.54, 1.807) is 12.1 Å². The number of nitrogens with two attached hydrogens (primary N) is 1. The van der Waals surface area contributed by atoms with Crippen LogP contribution in [0.4, 0.5) is 5.00 Å². The third kappa shape index (κ3) is 2.90. The van der Waals surface area contributed by atoms with E-state index in [1.165, 1.54) is 11.3 Å². The summed E-state index contributed by atoms with van der Waals surface area (Å²) in [6.07, 6.45) is 5.06. The Hall–Kier alpha value is -1.96. The van der Waals surface area contributed by atoms with Gasteiger partial charge in [-0.3, -0.25) is 0 Å². The van der Waals surface area contributed by atoms with Gasteiger partial charge in [0.1, 0.15) is 10.6 Å². The molecule has 0 aliphatic heterocycles. The largest absolute Gasteiger partial charge is 0.449 e. The second kappa shape index (κ2) is 5.79. The number of carbonyl (C=O) groups excluding carboxylic acids is 1. The number of terminal acetylenes is 1. The van der Waals surface area contributed by atoms with Crippen LogP contribution in [0.5, 0.6) is 0 Å². The predicted octanol–water partition coefficient (Wildman–Crippen LogP) is 3.44. The molecular weight excluding hydrogens is 282 g/mol. The van der Waals surface area contributed by atoms with Crippen molar-refractivity contribution in [3.8, 4) is 23.5 Å². The molecule has 2 aromatic rings. The SMILES string of the molecule is C#CCOC(=O)c1c(-c2ccc(Cl)cc2)csc1N. The number of benzene rings is 1. The van der Waals surface area contributed by atoms with E-state index in [2.05, 4.69) is 5.92 Å². The molecule has 1 heterocycles. The molecule has 0 bridgehead atoms. The second-order valence-corrected chi connectivity index (χ2v) is 5.02. The summed E-state index contributed by atoms with van der Waals surface area (Å²) in [7, 11) is 0. The van der Waals surface area contributed by atoms with Crippen LogP contribution in [-0.2, 0) is 4.74 Å². The lowest BCUT2D eigenvalue weighted by atomic mass is 10.0. The minimum atomic E-state index is -0.512. The Bertz CT molecular complexity index is 640. The second-order valence-electron chi connectivity index (χ2n) is 3.68. The van der Waals surface area contributed by atoms with Crippen molar-refractivity contribution in [3.63, 3.8) is 0 Å². The molecule has 5 heteroatoms. The van der Waals surface area contributed by atoms with Crippen LogP contribution >= 0.6 is 22.9 Å². The van der Waals surface area contributed by atoms with Crippen molar-refractivity contribution in [1.29, 1.82) is 0 Å². The molecule has 0 saturated heterocycles. The zero-order valence-electron chi connectivity index (χ0n) is 9.85. The number of ether oxygens (including phenoxy) is 1. The number of thiophene rings is 1. The lowest BCUT2D eigenvalue weighted by Crippen LogP contribution is -2.07. The first-order valence-corrected chi connectivity index (χ1v) is 6.62. The maximum atomic E-state index is 11.9. The fourth-order valence-electron chi connectivity index (χ4n) is 1.60. The van der Waals surface area contributed by atoms with Gasteiger partial charge in [-0.05, 0) is 17.7 Å². The van der Waals surface area contributed by atoms with Gasteiger partial charge in [0.15, 0.2) is 6.61 Å². The molecule has 0 aliphatic rings. The molecule has 0 saturated carbocycles. The van der Waals surface area contributed by atoms with E-state index in [0.717, 1.165) is 11.1 Å². The minimum absolute atomic E-state index is 0.0752. The van der Waals surface area contributed by atoms with Crippen molar-refractivity contribution in [2.45, 2.75) is 0 Å². The topological polar surface area (TPSA) is 52.3 Å². The van der Waals surface area contributed by atoms with E-state index in [9.17, 15) is 4.79 Å². The van der Waals surface area contributed by atoms with Crippen molar-refractivity contribution in [3.05, 3.63) is 40.2 Å². The van der Waals surface area contributed by atoms with E-state index in [1.807, 2.05) is 17.5 Å². The molecule has 1 aromatic carbocycles. The summed E-state index contributed by atoms with van der Waals surface area (Å²) in [5.74, 6) is 1.74. The van der Waals surface area contributed by atoms with Crippen LogP contribution in [0.2, 0.25) is 5.02 Å². The summed E-state index contributed by atoms with van der Waals surface area (Å²) in [6, 6.07) is 7.15. The molecule has 2 N–H and O–H groups in total. The summed E-state index contributed by atoms with van der Waals surface area (Å²) in [5.41, 5.74) is 7.75. The normalized spacial score (nSPS) is 9.89. The van der Waals surface area contributed by atoms with Crippen LogP contribution in [0.25, 0.3) is 11.1 Å². The molecule has 0 radical (unpaired) electrons. The van der Waals surface area contributed by atoms with Gasteiger partial charge < -0.3 is 10.5 Å². The smallest absolute Gasteiger partial charge is 0.342 e. The molecule has 3 nitrogen and oxygen atoms in total. The Morgan fingerprint density at radius 3 is 2.74 bits per heavy atom. The zero-order valence-corrected chi connectivity index (χ0v) is 11.4. The third-order valence-electron chi connectivity index (χ3n) is 2.47. The Labute approximate surface area is 120 Å². The monoisotopic (exact) mass is 291 g/mol. The van der Waals surface area contributed by atoms with Gasteiger partial charge in [-0.2, -0.15) is 0 Å². The summed E-state index contributed by atoms with van der Waals surface area (Å²) < 4.78 is 4.93. The van der Waals surface area contributed by atoms with E-state index in [4.69, 9.17) is 28.5 Å². The summed E-state index contributed by atoms with van der Waals surface area (Å²) in [5, 5.41) is 2.85. The summed E-state index contributed by atoms with van der Waals surface area (Å²) in [4.78, 5) is 11.9. The number of carbonyl (C=O) groups is 1. The molecule has 19 heavy (non-hydrogen) atoms. The molecule has 0 atom stereocenters. The first-order valence-electron chi connectivity index (χ1n) is 5.37. The zero-order chi connectivity index (χ0) is 13.8. The van der Waals surface area contributed by atoms with Crippen LogP contribution in [0.15, 0.2) is 29.6 Å². The van der Waals surface area contributed by atoms with Crippen molar-refractivity contribution in [1.82, 2.24) is 0 Å². The lowest BCUT2D eigenvalue weighted by molar-refractivity contribution is 0.0559. The molecule has 0 amide bonds. The molecular formula is C14H10ClNO2S. The first kappa shape index (κ1) is 13.5. The number of halogens is 1. The van der Waals surface area contributed by atoms with Crippen molar-refractivity contribution in [2.75, 3.05) is 12.3 Å².